The predicted molar refractivity (Wildman–Crippen MR) is 111 cm³/mol. The monoisotopic (exact) mass is 367 g/mol. The first-order chi connectivity index (χ1) is 12.8. The minimum atomic E-state index is -0.376. The van der Waals surface area contributed by atoms with Gasteiger partial charge in [-0.2, -0.15) is 0 Å². The Morgan fingerprint density at radius 3 is 2.11 bits per heavy atom. The molecule has 0 radical (unpaired) electrons. The van der Waals surface area contributed by atoms with Gasteiger partial charge < -0.3 is 15.5 Å². The second-order valence-electron chi connectivity index (χ2n) is 6.82. The molecule has 2 unspecified atom stereocenters. The van der Waals surface area contributed by atoms with E-state index >= 15 is 0 Å². The van der Waals surface area contributed by atoms with Crippen LogP contribution in [0.25, 0.3) is 0 Å². The van der Waals surface area contributed by atoms with E-state index in [1.165, 1.54) is 12.5 Å². The van der Waals surface area contributed by atoms with E-state index in [-0.39, 0.29) is 23.9 Å². The summed E-state index contributed by atoms with van der Waals surface area (Å²) < 4.78 is 0. The molecule has 2 amide bonds. The van der Waals surface area contributed by atoms with Gasteiger partial charge in [0, 0.05) is 25.3 Å². The van der Waals surface area contributed by atoms with Gasteiger partial charge in [0.2, 0.25) is 11.8 Å². The third-order valence-corrected chi connectivity index (χ3v) is 4.75. The number of benzene rings is 2. The van der Waals surface area contributed by atoms with Crippen molar-refractivity contribution in [3.8, 4) is 0 Å². The number of anilines is 2. The second kappa shape index (κ2) is 9.21. The number of rotatable bonds is 7. The molecule has 144 valence electrons. The van der Waals surface area contributed by atoms with Crippen molar-refractivity contribution >= 4 is 23.2 Å². The van der Waals surface area contributed by atoms with Gasteiger partial charge in [-0.3, -0.25) is 9.59 Å². The largest absolute Gasteiger partial charge is 0.374 e. The molecule has 2 atom stereocenters. The highest BCUT2D eigenvalue weighted by Crippen LogP contribution is 2.18. The normalized spacial score (nSPS) is 12.8. The number of hydrogen-bond acceptors (Lipinski definition) is 3. The number of amides is 2. The molecule has 0 fully saturated rings. The van der Waals surface area contributed by atoms with Gasteiger partial charge >= 0.3 is 0 Å². The molecule has 5 nitrogen and oxygen atoms in total. The van der Waals surface area contributed by atoms with Crippen LogP contribution < -0.4 is 15.5 Å². The quantitative estimate of drug-likeness (QED) is 0.780. The molecule has 0 aliphatic carbocycles. The highest BCUT2D eigenvalue weighted by Gasteiger charge is 2.16. The topological polar surface area (TPSA) is 61.4 Å². The average molecular weight is 367 g/mol. The van der Waals surface area contributed by atoms with Crippen molar-refractivity contribution in [3.05, 3.63) is 59.7 Å². The number of nitrogens with zero attached hydrogens (tertiary/aromatic N) is 1. The Labute approximate surface area is 161 Å². The van der Waals surface area contributed by atoms with Gasteiger partial charge in [-0.25, -0.2) is 0 Å². The fourth-order valence-electron chi connectivity index (χ4n) is 2.74. The van der Waals surface area contributed by atoms with Crippen LogP contribution in [0.5, 0.6) is 0 Å². The van der Waals surface area contributed by atoms with E-state index in [4.69, 9.17) is 0 Å². The minimum Gasteiger partial charge on any atom is -0.374 e. The van der Waals surface area contributed by atoms with Crippen LogP contribution in [0.4, 0.5) is 11.4 Å². The van der Waals surface area contributed by atoms with Gasteiger partial charge in [-0.15, -0.1) is 0 Å². The van der Waals surface area contributed by atoms with Crippen LogP contribution in [0.1, 0.15) is 44.9 Å². The highest BCUT2D eigenvalue weighted by molar-refractivity contribution is 5.91. The van der Waals surface area contributed by atoms with E-state index in [0.29, 0.717) is 0 Å². The smallest absolute Gasteiger partial charge is 0.242 e. The Bertz CT molecular complexity index is 769. The fraction of sp³-hybridized carbons (Fsp3) is 0.364. The lowest BCUT2D eigenvalue weighted by Crippen LogP contribution is -2.38. The third-order valence-electron chi connectivity index (χ3n) is 4.75. The third kappa shape index (κ3) is 5.58. The van der Waals surface area contributed by atoms with Crippen LogP contribution in [0.15, 0.2) is 48.5 Å². The van der Waals surface area contributed by atoms with E-state index < -0.39 is 0 Å². The van der Waals surface area contributed by atoms with Gasteiger partial charge in [0.15, 0.2) is 0 Å². The van der Waals surface area contributed by atoms with Crippen LogP contribution in [-0.4, -0.2) is 24.9 Å². The lowest BCUT2D eigenvalue weighted by Gasteiger charge is -2.20. The average Bonchev–Trinajstić information content (AvgIpc) is 2.67. The zero-order valence-electron chi connectivity index (χ0n) is 16.7. The van der Waals surface area contributed by atoms with Crippen LogP contribution >= 0.6 is 0 Å². The van der Waals surface area contributed by atoms with Crippen LogP contribution in [0, 0.1) is 0 Å². The molecule has 0 aliphatic rings. The van der Waals surface area contributed by atoms with Gasteiger partial charge in [0.1, 0.15) is 6.04 Å². The summed E-state index contributed by atoms with van der Waals surface area (Å²) in [7, 11) is 1.73. The zero-order chi connectivity index (χ0) is 20.0. The van der Waals surface area contributed by atoms with E-state index in [0.717, 1.165) is 23.4 Å². The lowest BCUT2D eigenvalue weighted by atomic mass is 10.0. The molecule has 0 bridgehead atoms. The van der Waals surface area contributed by atoms with Crippen molar-refractivity contribution < 1.29 is 9.59 Å². The predicted octanol–water partition coefficient (Wildman–Crippen LogP) is 3.91. The number of nitrogens with one attached hydrogen (secondary N) is 2. The lowest BCUT2D eigenvalue weighted by molar-refractivity contribution is -0.122. The van der Waals surface area contributed by atoms with E-state index in [9.17, 15) is 9.59 Å². The van der Waals surface area contributed by atoms with E-state index in [2.05, 4.69) is 41.8 Å². The summed E-state index contributed by atoms with van der Waals surface area (Å²) in [6.45, 7) is 7.46. The van der Waals surface area contributed by atoms with Crippen LogP contribution in [-0.2, 0) is 16.0 Å². The first kappa shape index (κ1) is 20.5. The number of aryl methyl sites for hydroxylation is 1. The number of carbonyl (C=O) groups excluding carboxylic acids is 2. The molecule has 0 saturated heterocycles. The summed E-state index contributed by atoms with van der Waals surface area (Å²) in [5.74, 6) is -0.0867. The van der Waals surface area contributed by atoms with Gasteiger partial charge in [-0.1, -0.05) is 31.2 Å². The van der Waals surface area contributed by atoms with Crippen molar-refractivity contribution in [1.82, 2.24) is 5.32 Å². The molecular formula is C22H29N3O2. The Morgan fingerprint density at radius 1 is 1.00 bits per heavy atom. The van der Waals surface area contributed by atoms with Gasteiger partial charge in [0.25, 0.3) is 0 Å². The molecule has 0 saturated carbocycles. The summed E-state index contributed by atoms with van der Waals surface area (Å²) in [6, 6.07) is 15.3. The van der Waals surface area contributed by atoms with Crippen molar-refractivity contribution in [2.45, 2.75) is 46.2 Å². The van der Waals surface area contributed by atoms with Crippen molar-refractivity contribution in [2.75, 3.05) is 17.3 Å². The zero-order valence-corrected chi connectivity index (χ0v) is 16.7. The molecule has 0 aromatic heterocycles. The number of carbonyl (C=O) groups is 2. The maximum atomic E-state index is 12.5. The molecule has 0 aliphatic heterocycles. The van der Waals surface area contributed by atoms with Crippen molar-refractivity contribution in [2.24, 2.45) is 0 Å². The molecule has 2 aromatic carbocycles. The van der Waals surface area contributed by atoms with Gasteiger partial charge in [0.05, 0.1) is 6.04 Å². The molecule has 2 aromatic rings. The molecule has 0 spiro atoms. The van der Waals surface area contributed by atoms with E-state index in [1.807, 2.05) is 38.1 Å². The maximum absolute atomic E-state index is 12.5. The number of hydrogen-bond donors (Lipinski definition) is 2. The fourth-order valence-corrected chi connectivity index (χ4v) is 2.74. The van der Waals surface area contributed by atoms with Crippen LogP contribution in [0.2, 0.25) is 0 Å². The minimum absolute atomic E-state index is 0.0237. The second-order valence-corrected chi connectivity index (χ2v) is 6.82. The summed E-state index contributed by atoms with van der Waals surface area (Å²) in [5, 5.41) is 6.24. The Morgan fingerprint density at radius 2 is 1.59 bits per heavy atom. The Balaban J connectivity index is 1.93. The molecular weight excluding hydrogens is 338 g/mol. The van der Waals surface area contributed by atoms with Gasteiger partial charge in [-0.05, 0) is 55.7 Å². The summed E-state index contributed by atoms with van der Waals surface area (Å²) >= 11 is 0. The molecule has 5 heteroatoms. The molecule has 27 heavy (non-hydrogen) atoms. The van der Waals surface area contributed by atoms with Crippen molar-refractivity contribution in [1.29, 1.82) is 0 Å². The Kier molecular flexibility index (Phi) is 6.99. The first-order valence-electron chi connectivity index (χ1n) is 9.32. The molecule has 0 heterocycles. The molecule has 2 rings (SSSR count). The van der Waals surface area contributed by atoms with E-state index in [1.54, 1.807) is 11.9 Å². The summed E-state index contributed by atoms with van der Waals surface area (Å²) in [5.41, 5.74) is 4.02. The van der Waals surface area contributed by atoms with Crippen LogP contribution in [0.3, 0.4) is 0 Å². The first-order valence-corrected chi connectivity index (χ1v) is 9.32. The summed E-state index contributed by atoms with van der Waals surface area (Å²) in [4.78, 5) is 25.5. The summed E-state index contributed by atoms with van der Waals surface area (Å²) in [6.07, 6.45) is 1.00. The maximum Gasteiger partial charge on any atom is 0.242 e. The standard InChI is InChI=1S/C22H29N3O2/c1-6-18-7-9-19(10-8-18)15(2)24-22(27)16(3)23-20-11-13-21(14-12-20)25(5)17(4)26/h7-16,23H,6H2,1-5H3,(H,24,27). The highest BCUT2D eigenvalue weighted by atomic mass is 16.2. The van der Waals surface area contributed by atoms with Crippen molar-refractivity contribution in [3.63, 3.8) is 0 Å². The molecule has 2 N–H and O–H groups in total. The SMILES string of the molecule is CCc1ccc(C(C)NC(=O)C(C)Nc2ccc(N(C)C(C)=O)cc2)cc1. The Hall–Kier alpha value is -2.82.